The van der Waals surface area contributed by atoms with Crippen LogP contribution >= 0.6 is 0 Å². The second-order valence-electron chi connectivity index (χ2n) is 8.21. The number of hydrogen-bond acceptors (Lipinski definition) is 4. The molecule has 1 aliphatic rings. The van der Waals surface area contributed by atoms with Gasteiger partial charge in [0.25, 0.3) is 5.91 Å². The van der Waals surface area contributed by atoms with Crippen LogP contribution in [0.15, 0.2) is 48.9 Å². The molecule has 0 bridgehead atoms. The third kappa shape index (κ3) is 4.89. The number of carbonyl (C=O) groups excluding carboxylic acids is 1. The molecule has 0 radical (unpaired) electrons. The molecule has 2 atom stereocenters. The summed E-state index contributed by atoms with van der Waals surface area (Å²) >= 11 is 0. The number of alkyl halides is 3. The second-order valence-corrected chi connectivity index (χ2v) is 8.21. The molecular formula is C23H23F4N5O. The van der Waals surface area contributed by atoms with E-state index in [0.29, 0.717) is 25.1 Å². The zero-order valence-corrected chi connectivity index (χ0v) is 18.0. The molecule has 3 heterocycles. The summed E-state index contributed by atoms with van der Waals surface area (Å²) in [6.45, 7) is 2.50. The van der Waals surface area contributed by atoms with Crippen LogP contribution in [0.25, 0.3) is 5.69 Å². The maximum absolute atomic E-state index is 14.8. The van der Waals surface area contributed by atoms with Gasteiger partial charge in [-0.05, 0) is 55.9 Å². The number of pyridine rings is 1. The fourth-order valence-electron chi connectivity index (χ4n) is 4.35. The van der Waals surface area contributed by atoms with E-state index < -0.39 is 23.5 Å². The largest absolute Gasteiger partial charge is 0.417 e. The van der Waals surface area contributed by atoms with Crippen molar-refractivity contribution in [1.82, 2.24) is 24.9 Å². The van der Waals surface area contributed by atoms with Gasteiger partial charge in [-0.25, -0.2) is 4.39 Å². The third-order valence-corrected chi connectivity index (χ3v) is 6.06. The molecule has 1 aliphatic heterocycles. The van der Waals surface area contributed by atoms with E-state index in [9.17, 15) is 22.4 Å². The predicted octanol–water partition coefficient (Wildman–Crippen LogP) is 4.69. The van der Waals surface area contributed by atoms with Gasteiger partial charge in [0.1, 0.15) is 17.1 Å². The number of likely N-dealkylation sites (tertiary alicyclic amines) is 1. The maximum Gasteiger partial charge on any atom is 0.417 e. The molecule has 0 N–H and O–H groups in total. The van der Waals surface area contributed by atoms with Gasteiger partial charge in [-0.1, -0.05) is 13.0 Å². The summed E-state index contributed by atoms with van der Waals surface area (Å²) in [5.41, 5.74) is -0.124. The molecule has 0 spiro atoms. The van der Waals surface area contributed by atoms with Gasteiger partial charge >= 0.3 is 6.18 Å². The van der Waals surface area contributed by atoms with E-state index in [0.717, 1.165) is 25.1 Å². The first-order valence-electron chi connectivity index (χ1n) is 10.7. The van der Waals surface area contributed by atoms with Gasteiger partial charge in [-0.2, -0.15) is 28.2 Å². The highest BCUT2D eigenvalue weighted by molar-refractivity contribution is 5.98. The van der Waals surface area contributed by atoms with Crippen LogP contribution in [0.1, 0.15) is 47.8 Å². The third-order valence-electron chi connectivity index (χ3n) is 6.06. The predicted molar refractivity (Wildman–Crippen MR) is 112 cm³/mol. The normalized spacial score (nSPS) is 19.0. The molecule has 1 aromatic carbocycles. The molecule has 1 fully saturated rings. The Balaban J connectivity index is 1.56. The number of hydrogen-bond donors (Lipinski definition) is 0. The summed E-state index contributed by atoms with van der Waals surface area (Å²) in [7, 11) is 0. The smallest absolute Gasteiger partial charge is 0.335 e. The fourth-order valence-corrected chi connectivity index (χ4v) is 4.35. The van der Waals surface area contributed by atoms with E-state index in [1.165, 1.54) is 35.4 Å². The van der Waals surface area contributed by atoms with Crippen LogP contribution in [0.3, 0.4) is 0 Å². The quantitative estimate of drug-likeness (QED) is 0.517. The lowest BCUT2D eigenvalue weighted by Gasteiger charge is -2.40. The molecule has 0 unspecified atom stereocenters. The molecule has 33 heavy (non-hydrogen) atoms. The Morgan fingerprint density at radius 2 is 1.91 bits per heavy atom. The Labute approximate surface area is 188 Å². The molecule has 4 rings (SSSR count). The molecule has 0 aliphatic carbocycles. The van der Waals surface area contributed by atoms with Gasteiger partial charge in [-0.15, -0.1) is 0 Å². The first-order chi connectivity index (χ1) is 15.8. The van der Waals surface area contributed by atoms with Gasteiger partial charge < -0.3 is 4.90 Å². The van der Waals surface area contributed by atoms with Crippen LogP contribution < -0.4 is 0 Å². The summed E-state index contributed by atoms with van der Waals surface area (Å²) in [4.78, 5) is 20.4. The molecule has 1 saturated heterocycles. The van der Waals surface area contributed by atoms with Crippen LogP contribution in [0.5, 0.6) is 0 Å². The summed E-state index contributed by atoms with van der Waals surface area (Å²) in [6.07, 6.45) is 1.88. The summed E-state index contributed by atoms with van der Waals surface area (Å²) in [6, 6.07) is 6.49. The minimum absolute atomic E-state index is 0.0968. The Morgan fingerprint density at radius 3 is 2.58 bits per heavy atom. The maximum atomic E-state index is 14.8. The van der Waals surface area contributed by atoms with E-state index >= 15 is 0 Å². The van der Waals surface area contributed by atoms with Crippen molar-refractivity contribution in [1.29, 1.82) is 0 Å². The molecule has 1 amide bonds. The highest BCUT2D eigenvalue weighted by Crippen LogP contribution is 2.31. The van der Waals surface area contributed by atoms with Gasteiger partial charge in [0.2, 0.25) is 0 Å². The van der Waals surface area contributed by atoms with Crippen molar-refractivity contribution < 1.29 is 22.4 Å². The van der Waals surface area contributed by atoms with E-state index in [-0.39, 0.29) is 23.2 Å². The molecular weight excluding hydrogens is 438 g/mol. The van der Waals surface area contributed by atoms with Crippen molar-refractivity contribution in [3.63, 3.8) is 0 Å². The number of halogens is 4. The lowest BCUT2D eigenvalue weighted by atomic mass is 9.86. The fraction of sp³-hybridized carbons (Fsp3) is 0.391. The first kappa shape index (κ1) is 22.9. The van der Waals surface area contributed by atoms with Crippen LogP contribution in [-0.2, 0) is 12.6 Å². The van der Waals surface area contributed by atoms with Crippen LogP contribution in [-0.4, -0.2) is 43.4 Å². The molecule has 10 heteroatoms. The summed E-state index contributed by atoms with van der Waals surface area (Å²) in [5, 5.41) is 8.06. The van der Waals surface area contributed by atoms with Crippen LogP contribution in [0.2, 0.25) is 0 Å². The first-order valence-corrected chi connectivity index (χ1v) is 10.7. The van der Waals surface area contributed by atoms with E-state index in [1.54, 1.807) is 11.0 Å². The van der Waals surface area contributed by atoms with Crippen molar-refractivity contribution in [2.45, 2.75) is 44.8 Å². The van der Waals surface area contributed by atoms with Crippen molar-refractivity contribution in [2.24, 2.45) is 5.92 Å². The van der Waals surface area contributed by atoms with Crippen LogP contribution in [0, 0.1) is 11.7 Å². The van der Waals surface area contributed by atoms with Crippen molar-refractivity contribution in [2.75, 3.05) is 6.54 Å². The second kappa shape index (κ2) is 9.29. The number of amides is 1. The SMILES string of the molecule is C[C@@H]1CCCN(C(=O)c2c(F)cccc2-n2nccn2)[C@@H]1CCc1ccc(C(F)(F)F)cn1. The number of nitrogens with zero attached hydrogens (tertiary/aromatic N) is 5. The minimum atomic E-state index is -4.44. The van der Waals surface area contributed by atoms with E-state index in [1.807, 2.05) is 6.92 Å². The van der Waals surface area contributed by atoms with Crippen molar-refractivity contribution in [3.05, 3.63) is 71.6 Å². The van der Waals surface area contributed by atoms with E-state index in [2.05, 4.69) is 15.2 Å². The molecule has 174 valence electrons. The van der Waals surface area contributed by atoms with E-state index in [4.69, 9.17) is 0 Å². The summed E-state index contributed by atoms with van der Waals surface area (Å²) in [5.74, 6) is -0.955. The van der Waals surface area contributed by atoms with Gasteiger partial charge in [0, 0.05) is 24.5 Å². The van der Waals surface area contributed by atoms with Crippen molar-refractivity contribution in [3.8, 4) is 5.69 Å². The summed E-state index contributed by atoms with van der Waals surface area (Å²) < 4.78 is 53.2. The number of carbonyl (C=O) groups is 1. The van der Waals surface area contributed by atoms with Crippen LogP contribution in [0.4, 0.5) is 17.6 Å². The topological polar surface area (TPSA) is 63.9 Å². The number of aromatic nitrogens is 4. The zero-order valence-electron chi connectivity index (χ0n) is 18.0. The Kier molecular flexibility index (Phi) is 6.44. The van der Waals surface area contributed by atoms with Crippen molar-refractivity contribution >= 4 is 5.91 Å². The van der Waals surface area contributed by atoms with Gasteiger partial charge in [0.15, 0.2) is 0 Å². The molecule has 0 saturated carbocycles. The number of rotatable bonds is 5. The zero-order chi connectivity index (χ0) is 23.6. The van der Waals surface area contributed by atoms with Gasteiger partial charge in [0.05, 0.1) is 18.0 Å². The molecule has 2 aromatic heterocycles. The highest BCUT2D eigenvalue weighted by atomic mass is 19.4. The standard InChI is InChI=1S/C23H23F4N5O/c1-15-4-3-13-31(19(15)10-9-17-8-7-16(14-28-17)23(25,26)27)22(33)21-18(24)5-2-6-20(21)32-29-11-12-30-32/h2,5-8,11-12,14-15,19H,3-4,9-10,13H2,1H3/t15-,19-/m1/s1. The Bertz CT molecular complexity index is 1100. The molecule has 3 aromatic rings. The average Bonchev–Trinajstić information content (AvgIpc) is 3.32. The lowest BCUT2D eigenvalue weighted by Crippen LogP contribution is -2.48. The molecule has 6 nitrogen and oxygen atoms in total. The lowest BCUT2D eigenvalue weighted by molar-refractivity contribution is -0.137. The monoisotopic (exact) mass is 461 g/mol. The Morgan fingerprint density at radius 1 is 1.15 bits per heavy atom. The van der Waals surface area contributed by atoms with Gasteiger partial charge in [-0.3, -0.25) is 9.78 Å². The minimum Gasteiger partial charge on any atom is -0.335 e. The number of aryl methyl sites for hydroxylation is 1. The highest BCUT2D eigenvalue weighted by Gasteiger charge is 2.35. The Hall–Kier alpha value is -3.30. The number of benzene rings is 1. The average molecular weight is 461 g/mol. The number of piperidine rings is 1.